The van der Waals surface area contributed by atoms with Crippen molar-refractivity contribution < 1.29 is 17.9 Å². The van der Waals surface area contributed by atoms with Gasteiger partial charge in [-0.1, -0.05) is 12.1 Å². The number of thiazole rings is 1. The number of rotatable bonds is 7. The molecule has 0 unspecified atom stereocenters. The van der Waals surface area contributed by atoms with Crippen LogP contribution in [0.2, 0.25) is 0 Å². The number of carbonyl (C=O) groups excluding carboxylic acids is 1. The molecule has 0 fully saturated rings. The number of amides is 1. The van der Waals surface area contributed by atoms with Gasteiger partial charge in [0.2, 0.25) is 15.9 Å². The Bertz CT molecular complexity index is 1110. The van der Waals surface area contributed by atoms with Crippen molar-refractivity contribution in [2.75, 3.05) is 26.0 Å². The summed E-state index contributed by atoms with van der Waals surface area (Å²) in [4.78, 5) is 21.2. The summed E-state index contributed by atoms with van der Waals surface area (Å²) in [5.41, 5.74) is 1.70. The van der Waals surface area contributed by atoms with E-state index in [1.54, 1.807) is 35.8 Å². The van der Waals surface area contributed by atoms with Crippen LogP contribution >= 0.6 is 11.3 Å². The van der Waals surface area contributed by atoms with E-state index in [4.69, 9.17) is 4.74 Å². The molecule has 1 amide bonds. The fourth-order valence-electron chi connectivity index (χ4n) is 2.45. The van der Waals surface area contributed by atoms with Crippen molar-refractivity contribution in [1.82, 2.24) is 14.3 Å². The van der Waals surface area contributed by atoms with Gasteiger partial charge in [0.05, 0.1) is 17.2 Å². The van der Waals surface area contributed by atoms with E-state index in [0.29, 0.717) is 23.0 Å². The van der Waals surface area contributed by atoms with Crippen molar-refractivity contribution in [2.45, 2.75) is 11.8 Å². The monoisotopic (exact) mass is 432 g/mol. The third-order valence-electron chi connectivity index (χ3n) is 3.95. The number of carbonyl (C=O) groups is 1. The van der Waals surface area contributed by atoms with Crippen LogP contribution < -0.4 is 10.1 Å². The predicted molar refractivity (Wildman–Crippen MR) is 112 cm³/mol. The van der Waals surface area contributed by atoms with E-state index in [1.165, 1.54) is 37.6 Å². The van der Waals surface area contributed by atoms with Gasteiger partial charge in [0, 0.05) is 31.2 Å². The van der Waals surface area contributed by atoms with Gasteiger partial charge in [-0.25, -0.2) is 22.7 Å². The third kappa shape index (κ3) is 4.61. The summed E-state index contributed by atoms with van der Waals surface area (Å²) in [5, 5.41) is 4.95. The number of aromatic nitrogens is 2. The Morgan fingerprint density at radius 3 is 2.59 bits per heavy atom. The number of pyridine rings is 1. The first-order valence-corrected chi connectivity index (χ1v) is 11.0. The molecule has 0 aliphatic carbocycles. The first kappa shape index (κ1) is 20.9. The Morgan fingerprint density at radius 2 is 1.93 bits per heavy atom. The first-order chi connectivity index (χ1) is 13.8. The fraction of sp³-hybridized carbons (Fsp3) is 0.211. The van der Waals surface area contributed by atoms with E-state index >= 15 is 0 Å². The topological polar surface area (TPSA) is 101 Å². The van der Waals surface area contributed by atoms with E-state index in [0.717, 1.165) is 9.87 Å². The van der Waals surface area contributed by atoms with Crippen LogP contribution in [0.1, 0.15) is 17.3 Å². The van der Waals surface area contributed by atoms with Gasteiger partial charge in [0.15, 0.2) is 5.13 Å². The van der Waals surface area contributed by atoms with Gasteiger partial charge in [0.25, 0.3) is 5.91 Å². The molecule has 0 saturated carbocycles. The van der Waals surface area contributed by atoms with E-state index in [9.17, 15) is 13.2 Å². The lowest BCUT2D eigenvalue weighted by atomic mass is 10.2. The Kier molecular flexibility index (Phi) is 6.26. The van der Waals surface area contributed by atoms with Crippen molar-refractivity contribution in [1.29, 1.82) is 0 Å². The minimum absolute atomic E-state index is 0.204. The van der Waals surface area contributed by atoms with E-state index in [1.807, 2.05) is 6.92 Å². The SMILES string of the molecule is CCOc1ncccc1C(=O)Nc1nc(-c2ccc(S(=O)(=O)N(C)C)cc2)cs1. The molecule has 29 heavy (non-hydrogen) atoms. The van der Waals surface area contributed by atoms with Crippen LogP contribution in [0.5, 0.6) is 5.88 Å². The average Bonchev–Trinajstić information content (AvgIpc) is 3.17. The van der Waals surface area contributed by atoms with Crippen molar-refractivity contribution in [3.05, 3.63) is 53.5 Å². The molecule has 0 spiro atoms. The van der Waals surface area contributed by atoms with E-state index < -0.39 is 10.0 Å². The van der Waals surface area contributed by atoms with Gasteiger partial charge in [-0.05, 0) is 31.2 Å². The Morgan fingerprint density at radius 1 is 1.21 bits per heavy atom. The zero-order valence-corrected chi connectivity index (χ0v) is 17.8. The van der Waals surface area contributed by atoms with Gasteiger partial charge >= 0.3 is 0 Å². The first-order valence-electron chi connectivity index (χ1n) is 8.70. The highest BCUT2D eigenvalue weighted by Crippen LogP contribution is 2.27. The minimum atomic E-state index is -3.49. The number of anilines is 1. The average molecular weight is 433 g/mol. The largest absolute Gasteiger partial charge is 0.477 e. The number of benzene rings is 1. The van der Waals surface area contributed by atoms with Crippen molar-refractivity contribution in [3.8, 4) is 17.1 Å². The second-order valence-electron chi connectivity index (χ2n) is 6.09. The number of nitrogens with one attached hydrogen (secondary N) is 1. The fourth-order valence-corrected chi connectivity index (χ4v) is 4.07. The van der Waals surface area contributed by atoms with Gasteiger partial charge in [-0.3, -0.25) is 10.1 Å². The molecule has 10 heteroatoms. The number of hydrogen-bond acceptors (Lipinski definition) is 7. The summed E-state index contributed by atoms with van der Waals surface area (Å²) >= 11 is 1.27. The normalized spacial score (nSPS) is 11.4. The van der Waals surface area contributed by atoms with Crippen LogP contribution in [0.4, 0.5) is 5.13 Å². The lowest BCUT2D eigenvalue weighted by Gasteiger charge is -2.11. The second-order valence-corrected chi connectivity index (χ2v) is 9.10. The number of nitrogens with zero attached hydrogens (tertiary/aromatic N) is 3. The van der Waals surface area contributed by atoms with Crippen LogP contribution in [-0.2, 0) is 10.0 Å². The van der Waals surface area contributed by atoms with Crippen molar-refractivity contribution in [3.63, 3.8) is 0 Å². The molecule has 0 bridgehead atoms. The molecule has 3 rings (SSSR count). The molecule has 0 aliphatic heterocycles. The minimum Gasteiger partial charge on any atom is -0.477 e. The van der Waals surface area contributed by atoms with Gasteiger partial charge in [0.1, 0.15) is 5.56 Å². The zero-order chi connectivity index (χ0) is 21.0. The molecule has 2 heterocycles. The van der Waals surface area contributed by atoms with Crippen LogP contribution in [0.25, 0.3) is 11.3 Å². The maximum atomic E-state index is 12.5. The molecule has 0 atom stereocenters. The Balaban J connectivity index is 1.77. The number of ether oxygens (including phenoxy) is 1. The standard InChI is InChI=1S/C19H20N4O4S2/c1-4-27-18-15(6-5-11-20-18)17(24)22-19-21-16(12-28-19)13-7-9-14(10-8-13)29(25,26)23(2)3/h5-12H,4H2,1-3H3,(H,21,22,24). The smallest absolute Gasteiger partial charge is 0.262 e. The molecule has 3 aromatic rings. The van der Waals surface area contributed by atoms with E-state index in [2.05, 4.69) is 15.3 Å². The lowest BCUT2D eigenvalue weighted by Crippen LogP contribution is -2.22. The van der Waals surface area contributed by atoms with Crippen molar-refractivity contribution >= 4 is 32.4 Å². The maximum absolute atomic E-state index is 12.5. The van der Waals surface area contributed by atoms with Crippen LogP contribution in [0.15, 0.2) is 52.9 Å². The van der Waals surface area contributed by atoms with Gasteiger partial charge in [-0.2, -0.15) is 0 Å². The van der Waals surface area contributed by atoms with Crippen molar-refractivity contribution in [2.24, 2.45) is 0 Å². The predicted octanol–water partition coefficient (Wildman–Crippen LogP) is 3.11. The summed E-state index contributed by atoms with van der Waals surface area (Å²) in [6.45, 7) is 2.22. The molecule has 152 valence electrons. The second kappa shape index (κ2) is 8.68. The molecule has 1 N–H and O–H groups in total. The summed E-state index contributed by atoms with van der Waals surface area (Å²) in [7, 11) is -0.517. The molecule has 0 radical (unpaired) electrons. The molecule has 0 aliphatic rings. The Hall–Kier alpha value is -2.82. The molecule has 1 aromatic carbocycles. The summed E-state index contributed by atoms with van der Waals surface area (Å²) in [5.74, 6) is -0.100. The highest BCUT2D eigenvalue weighted by atomic mass is 32.2. The Labute approximate surface area is 173 Å². The zero-order valence-electron chi connectivity index (χ0n) is 16.1. The summed E-state index contributed by atoms with van der Waals surface area (Å²) in [6, 6.07) is 9.73. The summed E-state index contributed by atoms with van der Waals surface area (Å²) in [6.07, 6.45) is 1.56. The van der Waals surface area contributed by atoms with Crippen LogP contribution in [0, 0.1) is 0 Å². The molecule has 2 aromatic heterocycles. The molecular weight excluding hydrogens is 412 g/mol. The van der Waals surface area contributed by atoms with E-state index in [-0.39, 0.29) is 16.7 Å². The highest BCUT2D eigenvalue weighted by molar-refractivity contribution is 7.89. The summed E-state index contributed by atoms with van der Waals surface area (Å²) < 4.78 is 30.9. The quantitative estimate of drug-likeness (QED) is 0.616. The van der Waals surface area contributed by atoms with Gasteiger partial charge < -0.3 is 4.74 Å². The third-order valence-corrected chi connectivity index (χ3v) is 6.54. The number of sulfonamides is 1. The van der Waals surface area contributed by atoms with Gasteiger partial charge in [-0.15, -0.1) is 11.3 Å². The molecule has 8 nitrogen and oxygen atoms in total. The molecule has 0 saturated heterocycles. The number of hydrogen-bond donors (Lipinski definition) is 1. The van der Waals surface area contributed by atoms with Crippen LogP contribution in [-0.4, -0.2) is 49.3 Å². The van der Waals surface area contributed by atoms with Crippen LogP contribution in [0.3, 0.4) is 0 Å². The lowest BCUT2D eigenvalue weighted by molar-refractivity contribution is 0.102. The maximum Gasteiger partial charge on any atom is 0.262 e. The molecular formula is C19H20N4O4S2. The highest BCUT2D eigenvalue weighted by Gasteiger charge is 2.18.